The normalized spacial score (nSPS) is 12.8. The number of likely N-dealkylation sites (N-methyl/N-ethyl adjacent to an activating group) is 1. The lowest BCUT2D eigenvalue weighted by atomic mass is 10.1. The molecular weight excluding hydrogens is 229 g/mol. The molecule has 0 heterocycles. The third kappa shape index (κ3) is 3.74. The van der Waals surface area contributed by atoms with E-state index in [-0.39, 0.29) is 11.9 Å². The first-order chi connectivity index (χ1) is 7.69. The Morgan fingerprint density at radius 2 is 2.25 bits per heavy atom. The Morgan fingerprint density at radius 3 is 2.81 bits per heavy atom. The minimum absolute atomic E-state index is 0.0781. The Kier molecular flexibility index (Phi) is 5.74. The van der Waals surface area contributed by atoms with Gasteiger partial charge in [-0.1, -0.05) is 17.7 Å². The van der Waals surface area contributed by atoms with E-state index in [1.807, 2.05) is 14.0 Å². The van der Waals surface area contributed by atoms with Crippen molar-refractivity contribution in [1.29, 1.82) is 0 Å². The lowest BCUT2D eigenvalue weighted by Crippen LogP contribution is -2.33. The van der Waals surface area contributed by atoms with E-state index < -0.39 is 0 Å². The molecule has 0 aromatic heterocycles. The first-order valence-corrected chi connectivity index (χ1v) is 5.74. The molecule has 2 nitrogen and oxygen atoms in total. The second kappa shape index (κ2) is 6.84. The van der Waals surface area contributed by atoms with E-state index in [0.29, 0.717) is 30.2 Å². The van der Waals surface area contributed by atoms with Crippen LogP contribution in [0.2, 0.25) is 5.02 Å². The van der Waals surface area contributed by atoms with Crippen molar-refractivity contribution >= 4 is 11.6 Å². The Bertz CT molecular complexity index is 313. The maximum Gasteiger partial charge on any atom is 0.127 e. The summed E-state index contributed by atoms with van der Waals surface area (Å²) in [6, 6.07) is 4.81. The monoisotopic (exact) mass is 245 g/mol. The summed E-state index contributed by atoms with van der Waals surface area (Å²) < 4.78 is 18.8. The van der Waals surface area contributed by atoms with Crippen LogP contribution in [0.4, 0.5) is 4.39 Å². The second-order valence-corrected chi connectivity index (χ2v) is 3.96. The largest absolute Gasteiger partial charge is 0.380 e. The topological polar surface area (TPSA) is 21.3 Å². The molecule has 16 heavy (non-hydrogen) atoms. The number of hydrogen-bond donors (Lipinski definition) is 1. The van der Waals surface area contributed by atoms with Gasteiger partial charge in [-0.3, -0.25) is 0 Å². The average Bonchev–Trinajstić information content (AvgIpc) is 2.28. The minimum atomic E-state index is -0.260. The van der Waals surface area contributed by atoms with Crippen LogP contribution in [0.15, 0.2) is 18.2 Å². The van der Waals surface area contributed by atoms with Crippen molar-refractivity contribution in [3.05, 3.63) is 34.6 Å². The highest BCUT2D eigenvalue weighted by Gasteiger charge is 2.13. The predicted molar refractivity (Wildman–Crippen MR) is 64.5 cm³/mol. The molecule has 0 amide bonds. The zero-order chi connectivity index (χ0) is 12.0. The van der Waals surface area contributed by atoms with Crippen molar-refractivity contribution in [2.45, 2.75) is 19.4 Å². The summed E-state index contributed by atoms with van der Waals surface area (Å²) in [6.45, 7) is 3.14. The zero-order valence-corrected chi connectivity index (χ0v) is 10.4. The van der Waals surface area contributed by atoms with Gasteiger partial charge >= 0.3 is 0 Å². The smallest absolute Gasteiger partial charge is 0.127 e. The number of ether oxygens (including phenoxy) is 1. The third-order valence-corrected chi connectivity index (χ3v) is 2.80. The molecule has 0 radical (unpaired) electrons. The van der Waals surface area contributed by atoms with Gasteiger partial charge in [-0.25, -0.2) is 4.39 Å². The fraction of sp³-hybridized carbons (Fsp3) is 0.500. The zero-order valence-electron chi connectivity index (χ0n) is 9.59. The van der Waals surface area contributed by atoms with E-state index in [1.165, 1.54) is 6.07 Å². The highest BCUT2D eigenvalue weighted by Crippen LogP contribution is 2.20. The standard InChI is InChI=1S/C12H17ClFNO/c1-3-16-8-9(15-2)7-10-11(13)5-4-6-12(10)14/h4-6,9,15H,3,7-8H2,1-2H3. The Morgan fingerprint density at radius 1 is 1.50 bits per heavy atom. The minimum Gasteiger partial charge on any atom is -0.380 e. The summed E-state index contributed by atoms with van der Waals surface area (Å²) in [7, 11) is 1.83. The first-order valence-electron chi connectivity index (χ1n) is 5.37. The molecule has 1 unspecified atom stereocenters. The number of halogens is 2. The molecule has 1 aromatic rings. The fourth-order valence-electron chi connectivity index (χ4n) is 1.48. The summed E-state index contributed by atoms with van der Waals surface area (Å²) in [6.07, 6.45) is 0.530. The molecule has 1 N–H and O–H groups in total. The fourth-order valence-corrected chi connectivity index (χ4v) is 1.72. The van der Waals surface area contributed by atoms with Crippen LogP contribution in [0.3, 0.4) is 0 Å². The molecule has 0 aliphatic heterocycles. The van der Waals surface area contributed by atoms with Gasteiger partial charge in [-0.2, -0.15) is 0 Å². The van der Waals surface area contributed by atoms with Gasteiger partial charge in [-0.15, -0.1) is 0 Å². The van der Waals surface area contributed by atoms with E-state index >= 15 is 0 Å². The van der Waals surface area contributed by atoms with Crippen molar-refractivity contribution in [2.24, 2.45) is 0 Å². The number of rotatable bonds is 6. The van der Waals surface area contributed by atoms with Crippen molar-refractivity contribution in [3.8, 4) is 0 Å². The molecule has 0 spiro atoms. The summed E-state index contributed by atoms with van der Waals surface area (Å²) in [5, 5.41) is 3.56. The Hall–Kier alpha value is -0.640. The number of hydrogen-bond acceptors (Lipinski definition) is 2. The van der Waals surface area contributed by atoms with Gasteiger partial charge in [0.15, 0.2) is 0 Å². The molecule has 0 saturated heterocycles. The van der Waals surface area contributed by atoms with E-state index in [4.69, 9.17) is 16.3 Å². The first kappa shape index (κ1) is 13.4. The summed E-state index contributed by atoms with van der Waals surface area (Å²) in [4.78, 5) is 0. The van der Waals surface area contributed by atoms with Gasteiger partial charge in [0.05, 0.1) is 6.61 Å². The Labute approximate surface area is 101 Å². The van der Waals surface area contributed by atoms with E-state index in [2.05, 4.69) is 5.32 Å². The van der Waals surface area contributed by atoms with Gasteiger partial charge in [-0.05, 0) is 32.5 Å². The van der Waals surface area contributed by atoms with E-state index in [1.54, 1.807) is 12.1 Å². The van der Waals surface area contributed by atoms with Crippen LogP contribution in [0.5, 0.6) is 0 Å². The van der Waals surface area contributed by atoms with Gasteiger partial charge in [0.1, 0.15) is 5.82 Å². The van der Waals surface area contributed by atoms with Crippen LogP contribution in [0, 0.1) is 5.82 Å². The van der Waals surface area contributed by atoms with Crippen molar-refractivity contribution in [1.82, 2.24) is 5.32 Å². The number of benzene rings is 1. The summed E-state index contributed by atoms with van der Waals surface area (Å²) in [5.41, 5.74) is 0.545. The molecule has 90 valence electrons. The van der Waals surface area contributed by atoms with Gasteiger partial charge in [0, 0.05) is 23.2 Å². The van der Waals surface area contributed by atoms with Crippen LogP contribution in [0.1, 0.15) is 12.5 Å². The average molecular weight is 246 g/mol. The number of nitrogens with one attached hydrogen (secondary N) is 1. The van der Waals surface area contributed by atoms with Crippen molar-refractivity contribution in [2.75, 3.05) is 20.3 Å². The molecule has 1 aromatic carbocycles. The highest BCUT2D eigenvalue weighted by molar-refractivity contribution is 6.31. The molecule has 0 fully saturated rings. The highest BCUT2D eigenvalue weighted by atomic mass is 35.5. The molecule has 4 heteroatoms. The van der Waals surface area contributed by atoms with Crippen molar-refractivity contribution in [3.63, 3.8) is 0 Å². The summed E-state index contributed by atoms with van der Waals surface area (Å²) >= 11 is 5.96. The maximum atomic E-state index is 13.5. The van der Waals surface area contributed by atoms with Crippen LogP contribution in [0.25, 0.3) is 0 Å². The lowest BCUT2D eigenvalue weighted by Gasteiger charge is -2.17. The maximum absolute atomic E-state index is 13.5. The van der Waals surface area contributed by atoms with Gasteiger partial charge < -0.3 is 10.1 Å². The molecule has 1 atom stereocenters. The predicted octanol–water partition coefficient (Wildman–Crippen LogP) is 2.65. The van der Waals surface area contributed by atoms with E-state index in [0.717, 1.165) is 0 Å². The Balaban J connectivity index is 2.69. The van der Waals surface area contributed by atoms with Crippen LogP contribution in [-0.2, 0) is 11.2 Å². The lowest BCUT2D eigenvalue weighted by molar-refractivity contribution is 0.125. The molecule has 0 aliphatic carbocycles. The molecule has 0 saturated carbocycles. The third-order valence-electron chi connectivity index (χ3n) is 2.44. The second-order valence-electron chi connectivity index (χ2n) is 3.55. The van der Waals surface area contributed by atoms with Gasteiger partial charge in [0.25, 0.3) is 0 Å². The summed E-state index contributed by atoms with van der Waals surface area (Å²) in [5.74, 6) is -0.260. The molecular formula is C12H17ClFNO. The van der Waals surface area contributed by atoms with E-state index in [9.17, 15) is 4.39 Å². The van der Waals surface area contributed by atoms with Crippen molar-refractivity contribution < 1.29 is 9.13 Å². The quantitative estimate of drug-likeness (QED) is 0.832. The molecule has 0 bridgehead atoms. The molecule has 1 rings (SSSR count). The van der Waals surface area contributed by atoms with Crippen LogP contribution in [-0.4, -0.2) is 26.3 Å². The van der Waals surface area contributed by atoms with Gasteiger partial charge in [0.2, 0.25) is 0 Å². The van der Waals surface area contributed by atoms with Crippen LogP contribution < -0.4 is 5.32 Å². The van der Waals surface area contributed by atoms with Crippen LogP contribution >= 0.6 is 11.6 Å². The molecule has 0 aliphatic rings. The SMILES string of the molecule is CCOCC(Cc1c(F)cccc1Cl)NC.